The van der Waals surface area contributed by atoms with E-state index >= 15 is 0 Å². The van der Waals surface area contributed by atoms with Gasteiger partial charge in [0.1, 0.15) is 9.88 Å². The molecule has 1 N–H and O–H groups in total. The number of hydrogen-bond donors (Lipinski definition) is 1. The summed E-state index contributed by atoms with van der Waals surface area (Å²) in [7, 11) is 2.61. The van der Waals surface area contributed by atoms with Crippen LogP contribution in [0.3, 0.4) is 0 Å². The van der Waals surface area contributed by atoms with E-state index < -0.39 is 11.9 Å². The van der Waals surface area contributed by atoms with Gasteiger partial charge in [0.15, 0.2) is 5.11 Å². The minimum atomic E-state index is -0.526. The highest BCUT2D eigenvalue weighted by Gasteiger charge is 2.27. The fourth-order valence-electron chi connectivity index (χ4n) is 3.37. The van der Waals surface area contributed by atoms with E-state index in [1.54, 1.807) is 6.92 Å². The van der Waals surface area contributed by atoms with Gasteiger partial charge < -0.3 is 19.7 Å². The maximum absolute atomic E-state index is 12.3. The molecule has 1 saturated heterocycles. The van der Waals surface area contributed by atoms with Crippen LogP contribution in [-0.2, 0) is 16.0 Å². The van der Waals surface area contributed by atoms with Gasteiger partial charge in [-0.3, -0.25) is 4.90 Å². The number of methoxy groups -OCH3 is 2. The van der Waals surface area contributed by atoms with Gasteiger partial charge in [0.05, 0.1) is 19.8 Å². The second-order valence-electron chi connectivity index (χ2n) is 7.06. The van der Waals surface area contributed by atoms with Crippen molar-refractivity contribution in [2.45, 2.75) is 13.5 Å². The van der Waals surface area contributed by atoms with E-state index in [9.17, 15) is 9.59 Å². The standard InChI is InChI=1S/C21H24ClN3O4S2/c1-13-16(19(26)28-2)18(31-17(13)20(27)29-3)23-21(30)25-10-8-24(9-11-25)12-14-4-6-15(22)7-5-14/h4-7H,8-12H2,1-3H3,(H,23,30). The zero-order chi connectivity index (χ0) is 22.5. The summed E-state index contributed by atoms with van der Waals surface area (Å²) in [5.74, 6) is -1.02. The van der Waals surface area contributed by atoms with Crippen molar-refractivity contribution in [3.63, 3.8) is 0 Å². The van der Waals surface area contributed by atoms with Crippen molar-refractivity contribution in [3.8, 4) is 0 Å². The van der Waals surface area contributed by atoms with Gasteiger partial charge in [0.25, 0.3) is 0 Å². The van der Waals surface area contributed by atoms with Gasteiger partial charge in [-0.15, -0.1) is 11.3 Å². The molecule has 1 aliphatic heterocycles. The van der Waals surface area contributed by atoms with Crippen LogP contribution in [0.2, 0.25) is 5.02 Å². The Morgan fingerprint density at radius 3 is 2.29 bits per heavy atom. The lowest BCUT2D eigenvalue weighted by atomic mass is 10.1. The van der Waals surface area contributed by atoms with Gasteiger partial charge in [-0.05, 0) is 42.4 Å². The summed E-state index contributed by atoms with van der Waals surface area (Å²) in [6.07, 6.45) is 0. The zero-order valence-electron chi connectivity index (χ0n) is 17.6. The van der Waals surface area contributed by atoms with Crippen LogP contribution in [0.5, 0.6) is 0 Å². The first-order valence-electron chi connectivity index (χ1n) is 9.66. The number of nitrogens with zero attached hydrogens (tertiary/aromatic N) is 2. The highest BCUT2D eigenvalue weighted by molar-refractivity contribution is 7.80. The second-order valence-corrected chi connectivity index (χ2v) is 8.91. The molecule has 0 unspecified atom stereocenters. The van der Waals surface area contributed by atoms with Crippen molar-refractivity contribution in [2.75, 3.05) is 45.7 Å². The van der Waals surface area contributed by atoms with E-state index in [-0.39, 0.29) is 0 Å². The number of nitrogens with one attached hydrogen (secondary N) is 1. The van der Waals surface area contributed by atoms with Crippen LogP contribution in [0.25, 0.3) is 0 Å². The third-order valence-corrected chi connectivity index (χ3v) is 6.91. The first kappa shape index (κ1) is 23.5. The van der Waals surface area contributed by atoms with Gasteiger partial charge in [-0.25, -0.2) is 9.59 Å². The van der Waals surface area contributed by atoms with Crippen LogP contribution >= 0.6 is 35.2 Å². The number of halogens is 1. The third kappa shape index (κ3) is 5.54. The van der Waals surface area contributed by atoms with Gasteiger partial charge in [0, 0.05) is 37.7 Å². The van der Waals surface area contributed by atoms with Gasteiger partial charge in [-0.1, -0.05) is 23.7 Å². The Bertz CT molecular complexity index is 970. The minimum Gasteiger partial charge on any atom is -0.465 e. The number of hydrogen-bond acceptors (Lipinski definition) is 7. The Kier molecular flexibility index (Phi) is 7.88. The predicted octanol–water partition coefficient (Wildman–Crippen LogP) is 3.80. The maximum atomic E-state index is 12.3. The van der Waals surface area contributed by atoms with Crippen LogP contribution in [0, 0.1) is 6.92 Å². The van der Waals surface area contributed by atoms with Gasteiger partial charge in [-0.2, -0.15) is 0 Å². The molecular weight excluding hydrogens is 458 g/mol. The molecule has 0 amide bonds. The maximum Gasteiger partial charge on any atom is 0.348 e. The number of carbonyl (C=O) groups is 2. The summed E-state index contributed by atoms with van der Waals surface area (Å²) in [6, 6.07) is 7.87. The topological polar surface area (TPSA) is 71.1 Å². The Hall–Kier alpha value is -2.20. The number of rotatable bonds is 5. The van der Waals surface area contributed by atoms with Gasteiger partial charge in [0.2, 0.25) is 0 Å². The summed E-state index contributed by atoms with van der Waals surface area (Å²) < 4.78 is 9.72. The predicted molar refractivity (Wildman–Crippen MR) is 126 cm³/mol. The summed E-state index contributed by atoms with van der Waals surface area (Å²) in [4.78, 5) is 29.1. The largest absolute Gasteiger partial charge is 0.465 e. The number of ether oxygens (including phenoxy) is 2. The summed E-state index contributed by atoms with van der Waals surface area (Å²) in [6.45, 7) is 5.75. The second kappa shape index (κ2) is 10.4. The number of esters is 2. The van der Waals surface area contributed by atoms with E-state index in [2.05, 4.69) is 15.1 Å². The van der Waals surface area contributed by atoms with Crippen LogP contribution < -0.4 is 5.32 Å². The lowest BCUT2D eigenvalue weighted by Crippen LogP contribution is -2.49. The molecule has 1 aliphatic rings. The summed E-state index contributed by atoms with van der Waals surface area (Å²) in [5.41, 5.74) is 2.03. The van der Waals surface area contributed by atoms with E-state index in [1.165, 1.54) is 19.8 Å². The SMILES string of the molecule is COC(=O)c1sc(NC(=S)N2CCN(Cc3ccc(Cl)cc3)CC2)c(C(=O)OC)c1C. The zero-order valence-corrected chi connectivity index (χ0v) is 20.0. The molecule has 31 heavy (non-hydrogen) atoms. The van der Waals surface area contributed by atoms with Crippen LogP contribution in [0.1, 0.15) is 31.2 Å². The molecule has 0 saturated carbocycles. The third-order valence-electron chi connectivity index (χ3n) is 5.11. The number of carbonyl (C=O) groups excluding carboxylic acids is 2. The molecule has 7 nitrogen and oxygen atoms in total. The highest BCUT2D eigenvalue weighted by Crippen LogP contribution is 2.34. The van der Waals surface area contributed by atoms with Gasteiger partial charge >= 0.3 is 11.9 Å². The molecular formula is C21H24ClN3O4S2. The van der Waals surface area contributed by atoms with E-state index in [4.69, 9.17) is 33.3 Å². The average molecular weight is 482 g/mol. The Labute approximate surface area is 195 Å². The molecule has 1 fully saturated rings. The molecule has 0 bridgehead atoms. The van der Waals surface area contributed by atoms with Crippen LogP contribution in [0.4, 0.5) is 5.00 Å². The smallest absolute Gasteiger partial charge is 0.348 e. The molecule has 0 aliphatic carbocycles. The Morgan fingerprint density at radius 2 is 1.71 bits per heavy atom. The summed E-state index contributed by atoms with van der Waals surface area (Å²) >= 11 is 12.7. The molecule has 0 radical (unpaired) electrons. The molecule has 2 heterocycles. The molecule has 166 valence electrons. The van der Waals surface area contributed by atoms with Crippen molar-refractivity contribution in [1.29, 1.82) is 0 Å². The molecule has 0 spiro atoms. The van der Waals surface area contributed by atoms with E-state index in [1.807, 2.05) is 24.3 Å². The number of benzene rings is 1. The highest BCUT2D eigenvalue weighted by atomic mass is 35.5. The van der Waals surface area contributed by atoms with Crippen molar-refractivity contribution in [3.05, 3.63) is 50.9 Å². The normalized spacial score (nSPS) is 14.3. The summed E-state index contributed by atoms with van der Waals surface area (Å²) in [5, 5.41) is 4.87. The first-order valence-corrected chi connectivity index (χ1v) is 11.3. The van der Waals surface area contributed by atoms with Crippen molar-refractivity contribution in [1.82, 2.24) is 9.80 Å². The molecule has 3 rings (SSSR count). The monoisotopic (exact) mass is 481 g/mol. The molecule has 0 atom stereocenters. The lowest BCUT2D eigenvalue weighted by molar-refractivity contribution is 0.0601. The van der Waals surface area contributed by atoms with Crippen molar-refractivity contribution in [2.24, 2.45) is 0 Å². The van der Waals surface area contributed by atoms with E-state index in [0.717, 1.165) is 49.1 Å². The lowest BCUT2D eigenvalue weighted by Gasteiger charge is -2.36. The Morgan fingerprint density at radius 1 is 1.10 bits per heavy atom. The first-order chi connectivity index (χ1) is 14.8. The number of thiophene rings is 1. The molecule has 1 aromatic carbocycles. The van der Waals surface area contributed by atoms with E-state index in [0.29, 0.717) is 26.1 Å². The quantitative estimate of drug-likeness (QED) is 0.511. The fraction of sp³-hybridized carbons (Fsp3) is 0.381. The number of thiocarbonyl (C=S) groups is 1. The van der Waals surface area contributed by atoms with Crippen LogP contribution in [-0.4, -0.2) is 67.2 Å². The average Bonchev–Trinajstić information content (AvgIpc) is 3.10. The minimum absolute atomic E-state index is 0.302. The Balaban J connectivity index is 1.65. The van der Waals surface area contributed by atoms with Crippen molar-refractivity contribution >= 4 is 57.2 Å². The van der Waals surface area contributed by atoms with Crippen molar-refractivity contribution < 1.29 is 19.1 Å². The van der Waals surface area contributed by atoms with Crippen LogP contribution in [0.15, 0.2) is 24.3 Å². The fourth-order valence-corrected chi connectivity index (χ4v) is 4.96. The molecule has 2 aromatic rings. The number of anilines is 1. The molecule has 1 aromatic heterocycles. The number of piperazine rings is 1. The molecule has 10 heteroatoms.